The molecule has 2 aromatic heterocycles. The monoisotopic (exact) mass is 307 g/mol. The minimum Gasteiger partial charge on any atom is -0.467 e. The molecule has 0 bridgehead atoms. The fourth-order valence-electron chi connectivity index (χ4n) is 2.24. The number of furan rings is 1. The Bertz CT molecular complexity index is 574. The summed E-state index contributed by atoms with van der Waals surface area (Å²) in [5.74, 6) is 0.402. The van der Waals surface area contributed by atoms with Gasteiger partial charge >= 0.3 is 0 Å². The van der Waals surface area contributed by atoms with Gasteiger partial charge in [-0.2, -0.15) is 0 Å². The van der Waals surface area contributed by atoms with Gasteiger partial charge in [0.2, 0.25) is 0 Å². The van der Waals surface area contributed by atoms with Crippen molar-refractivity contribution in [1.82, 2.24) is 5.32 Å². The number of carbonyl (C=O) groups is 1. The molecule has 4 nitrogen and oxygen atoms in total. The smallest absolute Gasteiger partial charge is 0.262 e. The Labute approximate surface area is 128 Å². The lowest BCUT2D eigenvalue weighted by Crippen LogP contribution is -2.29. The first-order valence-corrected chi connectivity index (χ1v) is 8.07. The van der Waals surface area contributed by atoms with E-state index < -0.39 is 6.04 Å². The number of aliphatic hydroxyl groups is 1. The lowest BCUT2D eigenvalue weighted by atomic mass is 10.1. The Morgan fingerprint density at radius 1 is 1.48 bits per heavy atom. The van der Waals surface area contributed by atoms with E-state index in [1.54, 1.807) is 23.5 Å². The Morgan fingerprint density at radius 2 is 2.29 bits per heavy atom. The summed E-state index contributed by atoms with van der Waals surface area (Å²) >= 11 is 1.54. The fourth-order valence-corrected chi connectivity index (χ4v) is 3.50. The molecule has 0 aliphatic rings. The minimum atomic E-state index is -0.505. The van der Waals surface area contributed by atoms with Crippen LogP contribution in [0.3, 0.4) is 0 Å². The highest BCUT2D eigenvalue weighted by Crippen LogP contribution is 2.25. The highest BCUT2D eigenvalue weighted by atomic mass is 32.1. The molecule has 2 aromatic rings. The largest absolute Gasteiger partial charge is 0.467 e. The number of aliphatic hydroxyl groups excluding tert-OH is 1. The van der Waals surface area contributed by atoms with Crippen molar-refractivity contribution < 1.29 is 14.3 Å². The number of aryl methyl sites for hydroxylation is 2. The zero-order valence-electron chi connectivity index (χ0n) is 12.4. The molecule has 0 saturated heterocycles. The molecule has 0 aliphatic heterocycles. The van der Waals surface area contributed by atoms with E-state index in [4.69, 9.17) is 4.42 Å². The Kier molecular flexibility index (Phi) is 5.59. The number of amides is 1. The van der Waals surface area contributed by atoms with E-state index in [0.29, 0.717) is 10.6 Å². The van der Waals surface area contributed by atoms with Crippen LogP contribution in [0.1, 0.15) is 52.2 Å². The molecule has 0 saturated carbocycles. The van der Waals surface area contributed by atoms with Gasteiger partial charge in [-0.1, -0.05) is 20.3 Å². The molecule has 2 heterocycles. The maximum atomic E-state index is 12.3. The predicted octanol–water partition coefficient (Wildman–Crippen LogP) is 3.32. The summed E-state index contributed by atoms with van der Waals surface area (Å²) in [7, 11) is 0. The van der Waals surface area contributed by atoms with Gasteiger partial charge in [0, 0.05) is 4.88 Å². The molecule has 0 fully saturated rings. The second kappa shape index (κ2) is 7.43. The van der Waals surface area contributed by atoms with Gasteiger partial charge in [-0.3, -0.25) is 4.79 Å². The molecule has 1 amide bonds. The first-order chi connectivity index (χ1) is 10.2. The number of thiophene rings is 1. The van der Waals surface area contributed by atoms with Crippen LogP contribution in [0.25, 0.3) is 0 Å². The van der Waals surface area contributed by atoms with Crippen molar-refractivity contribution in [3.05, 3.63) is 45.5 Å². The molecule has 1 unspecified atom stereocenters. The summed E-state index contributed by atoms with van der Waals surface area (Å²) in [6.45, 7) is 4.05. The van der Waals surface area contributed by atoms with Gasteiger partial charge in [-0.25, -0.2) is 0 Å². The number of nitrogens with one attached hydrogen (secondary N) is 1. The summed E-state index contributed by atoms with van der Waals surface area (Å²) in [6, 6.07) is 4.94. The summed E-state index contributed by atoms with van der Waals surface area (Å²) in [5.41, 5.74) is 1.24. The third-order valence-electron chi connectivity index (χ3n) is 3.35. The Hall–Kier alpha value is -1.59. The lowest BCUT2D eigenvalue weighted by molar-refractivity contribution is 0.0911. The Balaban J connectivity index is 2.12. The van der Waals surface area contributed by atoms with Crippen LogP contribution in [0.2, 0.25) is 0 Å². The van der Waals surface area contributed by atoms with E-state index in [-0.39, 0.29) is 12.5 Å². The van der Waals surface area contributed by atoms with Crippen molar-refractivity contribution in [2.75, 3.05) is 6.61 Å². The Morgan fingerprint density at radius 3 is 2.86 bits per heavy atom. The highest BCUT2D eigenvalue weighted by Gasteiger charge is 2.19. The molecule has 21 heavy (non-hydrogen) atoms. The molecule has 0 spiro atoms. The average Bonchev–Trinajstić information content (AvgIpc) is 3.14. The van der Waals surface area contributed by atoms with Crippen LogP contribution >= 0.6 is 11.3 Å². The van der Waals surface area contributed by atoms with Gasteiger partial charge < -0.3 is 14.8 Å². The molecule has 0 radical (unpaired) electrons. The number of hydrogen-bond acceptors (Lipinski definition) is 4. The van der Waals surface area contributed by atoms with Crippen molar-refractivity contribution in [3.8, 4) is 0 Å². The zero-order valence-corrected chi connectivity index (χ0v) is 13.2. The number of carbonyl (C=O) groups excluding carboxylic acids is 1. The summed E-state index contributed by atoms with van der Waals surface area (Å²) in [6.07, 6.45) is 4.54. The van der Waals surface area contributed by atoms with Gasteiger partial charge in [0.25, 0.3) is 5.91 Å². The molecule has 1 atom stereocenters. The quantitative estimate of drug-likeness (QED) is 0.825. The van der Waals surface area contributed by atoms with Crippen molar-refractivity contribution in [2.45, 2.75) is 39.2 Å². The van der Waals surface area contributed by atoms with Crippen molar-refractivity contribution in [2.24, 2.45) is 0 Å². The number of hydrogen-bond donors (Lipinski definition) is 2. The standard InChI is InChI=1S/C16H21NO3S/c1-3-6-14-11(4-2)9-15(21-14)16(19)17-12(10-18)13-7-5-8-20-13/h5,7-9,12,18H,3-4,6,10H2,1-2H3,(H,17,19). The summed E-state index contributed by atoms with van der Waals surface area (Å²) in [5, 5.41) is 12.2. The van der Waals surface area contributed by atoms with Crippen LogP contribution in [0.4, 0.5) is 0 Å². The molecule has 0 aliphatic carbocycles. The minimum absolute atomic E-state index is 0.160. The van der Waals surface area contributed by atoms with Gasteiger partial charge in [0.05, 0.1) is 17.7 Å². The van der Waals surface area contributed by atoms with E-state index in [2.05, 4.69) is 19.2 Å². The molecule has 2 rings (SSSR count). The SMILES string of the molecule is CCCc1sc(C(=O)NC(CO)c2ccco2)cc1CC. The molecular weight excluding hydrogens is 286 g/mol. The van der Waals surface area contributed by atoms with Gasteiger partial charge in [-0.05, 0) is 36.6 Å². The third-order valence-corrected chi connectivity index (χ3v) is 4.59. The maximum Gasteiger partial charge on any atom is 0.262 e. The third kappa shape index (κ3) is 3.74. The second-order valence-corrected chi connectivity index (χ2v) is 6.02. The van der Waals surface area contributed by atoms with Crippen molar-refractivity contribution >= 4 is 17.2 Å². The first-order valence-electron chi connectivity index (χ1n) is 7.26. The molecular formula is C16H21NO3S. The van der Waals surface area contributed by atoms with Crippen molar-refractivity contribution in [1.29, 1.82) is 0 Å². The molecule has 5 heteroatoms. The van der Waals surface area contributed by atoms with E-state index in [1.807, 2.05) is 6.07 Å². The second-order valence-electron chi connectivity index (χ2n) is 4.89. The van der Waals surface area contributed by atoms with E-state index in [1.165, 1.54) is 16.7 Å². The van der Waals surface area contributed by atoms with Gasteiger partial charge in [0.1, 0.15) is 11.8 Å². The molecule has 114 valence electrons. The van der Waals surface area contributed by atoms with Gasteiger partial charge in [0.15, 0.2) is 0 Å². The van der Waals surface area contributed by atoms with Crippen molar-refractivity contribution in [3.63, 3.8) is 0 Å². The first kappa shape index (κ1) is 15.8. The van der Waals surface area contributed by atoms with Crippen LogP contribution in [0.5, 0.6) is 0 Å². The van der Waals surface area contributed by atoms with Crippen LogP contribution < -0.4 is 5.32 Å². The zero-order chi connectivity index (χ0) is 15.2. The van der Waals surface area contributed by atoms with E-state index >= 15 is 0 Å². The maximum absolute atomic E-state index is 12.3. The average molecular weight is 307 g/mol. The van der Waals surface area contributed by atoms with E-state index in [0.717, 1.165) is 19.3 Å². The predicted molar refractivity (Wildman–Crippen MR) is 83.7 cm³/mol. The summed E-state index contributed by atoms with van der Waals surface area (Å²) < 4.78 is 5.24. The molecule has 0 aromatic carbocycles. The number of rotatable bonds is 7. The molecule has 2 N–H and O–H groups in total. The normalized spacial score (nSPS) is 12.3. The van der Waals surface area contributed by atoms with E-state index in [9.17, 15) is 9.90 Å². The topological polar surface area (TPSA) is 62.5 Å². The van der Waals surface area contributed by atoms with Crippen LogP contribution in [-0.2, 0) is 12.8 Å². The summed E-state index contributed by atoms with van der Waals surface area (Å²) in [4.78, 5) is 14.3. The van der Waals surface area contributed by atoms with Crippen LogP contribution in [0.15, 0.2) is 28.9 Å². The van der Waals surface area contributed by atoms with Gasteiger partial charge in [-0.15, -0.1) is 11.3 Å². The fraction of sp³-hybridized carbons (Fsp3) is 0.438. The lowest BCUT2D eigenvalue weighted by Gasteiger charge is -2.12. The van der Waals surface area contributed by atoms with Crippen LogP contribution in [0, 0.1) is 0 Å². The highest BCUT2D eigenvalue weighted by molar-refractivity contribution is 7.14. The van der Waals surface area contributed by atoms with Crippen LogP contribution in [-0.4, -0.2) is 17.6 Å².